The van der Waals surface area contributed by atoms with E-state index in [0.29, 0.717) is 18.3 Å². The Labute approximate surface area is 149 Å². The highest BCUT2D eigenvalue weighted by atomic mass is 32.1. The first-order valence-electron chi connectivity index (χ1n) is 8.11. The molecule has 0 saturated carbocycles. The maximum absolute atomic E-state index is 12.3. The van der Waals surface area contributed by atoms with E-state index in [9.17, 15) is 4.79 Å². The number of carbonyl (C=O) groups excluding carboxylic acids is 1. The predicted molar refractivity (Wildman–Crippen MR) is 92.9 cm³/mol. The zero-order chi connectivity index (χ0) is 17.2. The average Bonchev–Trinajstić information content (AvgIpc) is 3.33. The van der Waals surface area contributed by atoms with E-state index in [1.807, 2.05) is 54.8 Å². The van der Waals surface area contributed by atoms with Crippen molar-refractivity contribution < 1.29 is 14.1 Å². The van der Waals surface area contributed by atoms with Crippen LogP contribution in [0.1, 0.15) is 30.5 Å². The van der Waals surface area contributed by atoms with Crippen molar-refractivity contribution in [1.29, 1.82) is 0 Å². The third-order valence-electron chi connectivity index (χ3n) is 4.24. The first kappa shape index (κ1) is 16.0. The van der Waals surface area contributed by atoms with Gasteiger partial charge in [-0.25, -0.2) is 0 Å². The molecular weight excluding hydrogens is 338 g/mol. The zero-order valence-corrected chi connectivity index (χ0v) is 14.5. The lowest BCUT2D eigenvalue weighted by atomic mass is 9.97. The zero-order valence-electron chi connectivity index (χ0n) is 13.7. The number of rotatable bonds is 4. The van der Waals surface area contributed by atoms with Crippen LogP contribution in [0.25, 0.3) is 10.7 Å². The van der Waals surface area contributed by atoms with E-state index in [2.05, 4.69) is 10.1 Å². The molecular formula is C18H17N3O3S. The fourth-order valence-electron chi connectivity index (χ4n) is 3.09. The first-order valence-corrected chi connectivity index (χ1v) is 8.99. The van der Waals surface area contributed by atoms with Crippen LogP contribution in [0.5, 0.6) is 0 Å². The summed E-state index contributed by atoms with van der Waals surface area (Å²) in [5.74, 6) is 0.897. The Hall–Kier alpha value is -2.51. The molecule has 3 heterocycles. The van der Waals surface area contributed by atoms with Crippen LogP contribution in [-0.2, 0) is 9.53 Å². The maximum Gasteiger partial charge on any atom is 0.258 e. The van der Waals surface area contributed by atoms with Gasteiger partial charge in [0, 0.05) is 6.54 Å². The molecule has 0 unspecified atom stereocenters. The number of benzene rings is 1. The summed E-state index contributed by atoms with van der Waals surface area (Å²) in [5, 5.41) is 6.04. The van der Waals surface area contributed by atoms with E-state index in [1.165, 1.54) is 0 Å². The van der Waals surface area contributed by atoms with Gasteiger partial charge >= 0.3 is 0 Å². The molecule has 128 valence electrons. The van der Waals surface area contributed by atoms with E-state index < -0.39 is 6.10 Å². The standard InChI is InChI=1S/C18H17N3O3S/c1-2-21-14(22)11-23-16(15(21)12-7-4-3-5-8-12)18-19-17(20-24-18)13-9-6-10-25-13/h3-10,15-16H,2,11H2,1H3/t15-,16+/m1/s1. The summed E-state index contributed by atoms with van der Waals surface area (Å²) in [6, 6.07) is 13.4. The number of ether oxygens (including phenoxy) is 1. The highest BCUT2D eigenvalue weighted by molar-refractivity contribution is 7.13. The van der Waals surface area contributed by atoms with Crippen molar-refractivity contribution in [3.63, 3.8) is 0 Å². The van der Waals surface area contributed by atoms with Crippen LogP contribution in [0, 0.1) is 0 Å². The van der Waals surface area contributed by atoms with Crippen LogP contribution in [0.3, 0.4) is 0 Å². The molecule has 0 aliphatic carbocycles. The largest absolute Gasteiger partial charge is 0.356 e. The van der Waals surface area contributed by atoms with E-state index >= 15 is 0 Å². The molecule has 1 amide bonds. The van der Waals surface area contributed by atoms with Gasteiger partial charge in [-0.2, -0.15) is 4.98 Å². The smallest absolute Gasteiger partial charge is 0.258 e. The Morgan fingerprint density at radius 1 is 1.24 bits per heavy atom. The Balaban J connectivity index is 1.72. The maximum atomic E-state index is 12.3. The summed E-state index contributed by atoms with van der Waals surface area (Å²) >= 11 is 1.55. The van der Waals surface area contributed by atoms with Gasteiger partial charge in [-0.15, -0.1) is 11.3 Å². The molecule has 2 atom stereocenters. The van der Waals surface area contributed by atoms with Gasteiger partial charge in [0.25, 0.3) is 5.89 Å². The van der Waals surface area contributed by atoms with Crippen molar-refractivity contribution in [2.45, 2.75) is 19.1 Å². The van der Waals surface area contributed by atoms with Crippen molar-refractivity contribution in [2.24, 2.45) is 0 Å². The summed E-state index contributed by atoms with van der Waals surface area (Å²) in [5.41, 5.74) is 0.985. The van der Waals surface area contributed by atoms with Crippen LogP contribution in [0.4, 0.5) is 0 Å². The lowest BCUT2D eigenvalue weighted by Crippen LogP contribution is -2.45. The van der Waals surface area contributed by atoms with Crippen molar-refractivity contribution in [1.82, 2.24) is 15.0 Å². The van der Waals surface area contributed by atoms with Crippen LogP contribution < -0.4 is 0 Å². The minimum atomic E-state index is -0.485. The lowest BCUT2D eigenvalue weighted by molar-refractivity contribution is -0.160. The minimum absolute atomic E-state index is 0.0125. The van der Waals surface area contributed by atoms with Gasteiger partial charge in [-0.05, 0) is 23.9 Å². The third-order valence-corrected chi connectivity index (χ3v) is 5.10. The second kappa shape index (κ2) is 6.78. The van der Waals surface area contributed by atoms with Gasteiger partial charge in [0.15, 0.2) is 6.10 Å². The number of hydrogen-bond acceptors (Lipinski definition) is 6. The first-order chi connectivity index (χ1) is 12.3. The summed E-state index contributed by atoms with van der Waals surface area (Å²) < 4.78 is 11.3. The van der Waals surface area contributed by atoms with Crippen molar-refractivity contribution >= 4 is 17.2 Å². The number of aromatic nitrogens is 2. The topological polar surface area (TPSA) is 68.5 Å². The summed E-state index contributed by atoms with van der Waals surface area (Å²) in [6.07, 6.45) is -0.485. The van der Waals surface area contributed by atoms with Gasteiger partial charge < -0.3 is 14.2 Å². The summed E-state index contributed by atoms with van der Waals surface area (Å²) in [4.78, 5) is 19.6. The molecule has 1 aromatic carbocycles. The molecule has 6 nitrogen and oxygen atoms in total. The van der Waals surface area contributed by atoms with Crippen LogP contribution >= 0.6 is 11.3 Å². The molecule has 1 aliphatic heterocycles. The van der Waals surface area contributed by atoms with E-state index in [4.69, 9.17) is 9.26 Å². The molecule has 0 bridgehead atoms. The number of nitrogens with zero attached hydrogens (tertiary/aromatic N) is 3. The number of amides is 1. The Morgan fingerprint density at radius 3 is 2.80 bits per heavy atom. The molecule has 2 aromatic heterocycles. The number of carbonyl (C=O) groups is 1. The number of hydrogen-bond donors (Lipinski definition) is 0. The quantitative estimate of drug-likeness (QED) is 0.717. The lowest BCUT2D eigenvalue weighted by Gasteiger charge is -2.39. The molecule has 7 heteroatoms. The average molecular weight is 355 g/mol. The highest BCUT2D eigenvalue weighted by Crippen LogP contribution is 2.39. The molecule has 0 spiro atoms. The molecule has 0 radical (unpaired) electrons. The van der Waals surface area contributed by atoms with Gasteiger partial charge in [0.2, 0.25) is 11.7 Å². The van der Waals surface area contributed by atoms with E-state index in [1.54, 1.807) is 16.2 Å². The molecule has 1 fully saturated rings. The summed E-state index contributed by atoms with van der Waals surface area (Å²) in [7, 11) is 0. The molecule has 3 aromatic rings. The second-order valence-electron chi connectivity index (χ2n) is 5.70. The van der Waals surface area contributed by atoms with Crippen LogP contribution in [0.15, 0.2) is 52.4 Å². The van der Waals surface area contributed by atoms with E-state index in [0.717, 1.165) is 10.4 Å². The molecule has 1 aliphatic rings. The number of thiophene rings is 1. The van der Waals surface area contributed by atoms with Gasteiger partial charge in [0.05, 0.1) is 10.9 Å². The third kappa shape index (κ3) is 2.96. The molecule has 25 heavy (non-hydrogen) atoms. The normalized spacial score (nSPS) is 20.8. The van der Waals surface area contributed by atoms with Gasteiger partial charge in [-0.3, -0.25) is 4.79 Å². The SMILES string of the molecule is CCN1C(=O)CO[C@H](c2nc(-c3cccs3)no2)[C@H]1c1ccccc1. The predicted octanol–water partition coefficient (Wildman–Crippen LogP) is 3.46. The van der Waals surface area contributed by atoms with Crippen LogP contribution in [-0.4, -0.2) is 34.1 Å². The fraction of sp³-hybridized carbons (Fsp3) is 0.278. The Morgan fingerprint density at radius 2 is 2.08 bits per heavy atom. The monoisotopic (exact) mass is 355 g/mol. The van der Waals surface area contributed by atoms with Crippen molar-refractivity contribution in [3.05, 3.63) is 59.3 Å². The Kier molecular flexibility index (Phi) is 4.33. The second-order valence-corrected chi connectivity index (χ2v) is 6.65. The fourth-order valence-corrected chi connectivity index (χ4v) is 3.74. The van der Waals surface area contributed by atoms with Crippen molar-refractivity contribution in [2.75, 3.05) is 13.2 Å². The minimum Gasteiger partial charge on any atom is -0.356 e. The highest BCUT2D eigenvalue weighted by Gasteiger charge is 2.41. The number of morpholine rings is 1. The van der Waals surface area contributed by atoms with Gasteiger partial charge in [-0.1, -0.05) is 41.6 Å². The van der Waals surface area contributed by atoms with E-state index in [-0.39, 0.29) is 18.6 Å². The summed E-state index contributed by atoms with van der Waals surface area (Å²) in [6.45, 7) is 2.56. The molecule has 4 rings (SSSR count). The Bertz CT molecular complexity index is 848. The van der Waals surface area contributed by atoms with Crippen LogP contribution in [0.2, 0.25) is 0 Å². The molecule has 1 saturated heterocycles. The molecule has 0 N–H and O–H groups in total. The van der Waals surface area contributed by atoms with Crippen molar-refractivity contribution in [3.8, 4) is 10.7 Å². The number of likely N-dealkylation sites (N-methyl/N-ethyl adjacent to an activating group) is 1. The van der Waals surface area contributed by atoms with Gasteiger partial charge in [0.1, 0.15) is 6.61 Å².